The van der Waals surface area contributed by atoms with Gasteiger partial charge in [0.15, 0.2) is 5.58 Å². The number of carbonyl (C=O) groups excluding carboxylic acids is 2. The van der Waals surface area contributed by atoms with Crippen LogP contribution in [0.1, 0.15) is 17.3 Å². The van der Waals surface area contributed by atoms with Crippen molar-refractivity contribution in [3.8, 4) is 0 Å². The van der Waals surface area contributed by atoms with Crippen LogP contribution >= 0.6 is 11.6 Å². The molecular formula is C19H17ClFN3O3. The Morgan fingerprint density at radius 2 is 1.93 bits per heavy atom. The number of hydrogen-bond donors (Lipinski definition) is 2. The van der Waals surface area contributed by atoms with Gasteiger partial charge in [0.05, 0.1) is 12.5 Å². The molecule has 1 aromatic heterocycles. The molecule has 0 saturated carbocycles. The summed E-state index contributed by atoms with van der Waals surface area (Å²) < 4.78 is 18.5. The second-order valence-electron chi connectivity index (χ2n) is 5.92. The van der Waals surface area contributed by atoms with Gasteiger partial charge >= 0.3 is 0 Å². The maximum Gasteiger partial charge on any atom is 0.235 e. The van der Waals surface area contributed by atoms with Crippen LogP contribution in [-0.2, 0) is 16.0 Å². The molecule has 0 fully saturated rings. The van der Waals surface area contributed by atoms with Gasteiger partial charge in [0.1, 0.15) is 17.4 Å². The molecule has 0 aliphatic rings. The minimum Gasteiger partial charge on any atom is -0.356 e. The van der Waals surface area contributed by atoms with E-state index in [-0.39, 0.29) is 30.7 Å². The number of nitrogens with zero attached hydrogens (tertiary/aromatic N) is 1. The van der Waals surface area contributed by atoms with Gasteiger partial charge in [0.2, 0.25) is 11.8 Å². The predicted octanol–water partition coefficient (Wildman–Crippen LogP) is 2.72. The number of amides is 2. The summed E-state index contributed by atoms with van der Waals surface area (Å²) >= 11 is 5.56. The van der Waals surface area contributed by atoms with E-state index in [2.05, 4.69) is 15.8 Å². The van der Waals surface area contributed by atoms with Crippen molar-refractivity contribution < 1.29 is 18.5 Å². The summed E-state index contributed by atoms with van der Waals surface area (Å²) in [6, 6.07) is 12.8. The number of rotatable bonds is 7. The monoisotopic (exact) mass is 389 g/mol. The van der Waals surface area contributed by atoms with Crippen LogP contribution in [0.15, 0.2) is 53.1 Å². The summed E-state index contributed by atoms with van der Waals surface area (Å²) in [5.74, 6) is -1.26. The Kier molecular flexibility index (Phi) is 6.03. The third-order valence-electron chi connectivity index (χ3n) is 4.00. The van der Waals surface area contributed by atoms with Crippen LogP contribution in [0.2, 0.25) is 0 Å². The lowest BCUT2D eigenvalue weighted by atomic mass is 10.1. The molecule has 0 aliphatic carbocycles. The lowest BCUT2D eigenvalue weighted by molar-refractivity contribution is -0.122. The van der Waals surface area contributed by atoms with E-state index in [1.54, 1.807) is 0 Å². The summed E-state index contributed by atoms with van der Waals surface area (Å²) in [4.78, 5) is 24.0. The number of fused-ring (bicyclic) bond motifs is 1. The zero-order chi connectivity index (χ0) is 19.2. The zero-order valence-corrected chi connectivity index (χ0v) is 15.0. The van der Waals surface area contributed by atoms with Gasteiger partial charge < -0.3 is 15.2 Å². The van der Waals surface area contributed by atoms with Crippen molar-refractivity contribution >= 4 is 34.4 Å². The molecule has 0 radical (unpaired) electrons. The Bertz CT molecular complexity index is 946. The molecule has 8 heteroatoms. The Labute approximate surface area is 159 Å². The fraction of sp³-hybridized carbons (Fsp3) is 0.211. The van der Waals surface area contributed by atoms with E-state index in [4.69, 9.17) is 16.1 Å². The lowest BCUT2D eigenvalue weighted by Crippen LogP contribution is -2.38. The summed E-state index contributed by atoms with van der Waals surface area (Å²) in [6.07, 6.45) is -0.0680. The number of aromatic nitrogens is 1. The maximum absolute atomic E-state index is 13.4. The topological polar surface area (TPSA) is 84.2 Å². The molecule has 6 nitrogen and oxygen atoms in total. The van der Waals surface area contributed by atoms with Crippen molar-refractivity contribution in [2.75, 3.05) is 12.4 Å². The molecule has 2 aromatic carbocycles. The normalized spacial score (nSPS) is 11.9. The van der Waals surface area contributed by atoms with Crippen molar-refractivity contribution in [3.05, 3.63) is 65.6 Å². The minimum absolute atomic E-state index is 0.0680. The van der Waals surface area contributed by atoms with Crippen molar-refractivity contribution in [2.24, 2.45) is 0 Å². The van der Waals surface area contributed by atoms with E-state index >= 15 is 0 Å². The predicted molar refractivity (Wildman–Crippen MR) is 98.7 cm³/mol. The molecule has 1 unspecified atom stereocenters. The largest absolute Gasteiger partial charge is 0.356 e. The Hall–Kier alpha value is -2.93. The first-order valence-corrected chi connectivity index (χ1v) is 8.81. The minimum atomic E-state index is -0.430. The van der Waals surface area contributed by atoms with Crippen LogP contribution in [0.25, 0.3) is 11.0 Å². The standard InChI is InChI=1S/C19H17ClFN3O3/c20-10-19(26)23-16(12-4-2-1-3-5-12)11-22-18(25)9-15-14-8-13(21)6-7-17(14)27-24-15/h1-8,16H,9-11H2,(H,22,25)(H,23,26). The van der Waals surface area contributed by atoms with Crippen molar-refractivity contribution in [3.63, 3.8) is 0 Å². The fourth-order valence-electron chi connectivity index (χ4n) is 2.69. The molecule has 3 aromatic rings. The van der Waals surface area contributed by atoms with E-state index in [0.29, 0.717) is 16.7 Å². The van der Waals surface area contributed by atoms with E-state index in [9.17, 15) is 14.0 Å². The molecule has 0 spiro atoms. The molecule has 1 atom stereocenters. The van der Waals surface area contributed by atoms with Crippen LogP contribution in [0.3, 0.4) is 0 Å². The van der Waals surface area contributed by atoms with Gasteiger partial charge in [-0.05, 0) is 23.8 Å². The molecule has 140 valence electrons. The number of nitrogens with one attached hydrogen (secondary N) is 2. The Morgan fingerprint density at radius 3 is 2.67 bits per heavy atom. The number of hydrogen-bond acceptors (Lipinski definition) is 4. The summed E-state index contributed by atoms with van der Waals surface area (Å²) in [7, 11) is 0. The average Bonchev–Trinajstić information content (AvgIpc) is 3.07. The van der Waals surface area contributed by atoms with E-state index in [0.717, 1.165) is 5.56 Å². The third kappa shape index (κ3) is 4.83. The van der Waals surface area contributed by atoms with E-state index in [1.165, 1.54) is 18.2 Å². The van der Waals surface area contributed by atoms with Crippen molar-refractivity contribution in [2.45, 2.75) is 12.5 Å². The molecular weight excluding hydrogens is 373 g/mol. The number of carbonyl (C=O) groups is 2. The molecule has 1 heterocycles. The average molecular weight is 390 g/mol. The van der Waals surface area contributed by atoms with E-state index < -0.39 is 11.9 Å². The number of halogens is 2. The zero-order valence-electron chi connectivity index (χ0n) is 14.2. The van der Waals surface area contributed by atoms with Gasteiger partial charge in [-0.1, -0.05) is 35.5 Å². The molecule has 27 heavy (non-hydrogen) atoms. The summed E-state index contributed by atoms with van der Waals surface area (Å²) in [6.45, 7) is 0.176. The van der Waals surface area contributed by atoms with E-state index in [1.807, 2.05) is 30.3 Å². The van der Waals surface area contributed by atoms with Gasteiger partial charge in [-0.2, -0.15) is 0 Å². The number of alkyl halides is 1. The van der Waals surface area contributed by atoms with Gasteiger partial charge in [-0.3, -0.25) is 9.59 Å². The Balaban J connectivity index is 1.66. The van der Waals surface area contributed by atoms with Crippen LogP contribution in [-0.4, -0.2) is 29.4 Å². The van der Waals surface area contributed by atoms with Crippen molar-refractivity contribution in [1.82, 2.24) is 15.8 Å². The van der Waals surface area contributed by atoms with Crippen LogP contribution < -0.4 is 10.6 Å². The molecule has 2 amide bonds. The highest BCUT2D eigenvalue weighted by Crippen LogP contribution is 2.20. The van der Waals surface area contributed by atoms with Crippen LogP contribution in [0.5, 0.6) is 0 Å². The van der Waals surface area contributed by atoms with Gasteiger partial charge in [0.25, 0.3) is 0 Å². The van der Waals surface area contributed by atoms with Crippen LogP contribution in [0, 0.1) is 5.82 Å². The van der Waals surface area contributed by atoms with Gasteiger partial charge in [-0.25, -0.2) is 4.39 Å². The first-order valence-electron chi connectivity index (χ1n) is 8.27. The second kappa shape index (κ2) is 8.64. The SMILES string of the molecule is O=C(Cc1noc2ccc(F)cc12)NCC(NC(=O)CCl)c1ccccc1. The van der Waals surface area contributed by atoms with Crippen molar-refractivity contribution in [1.29, 1.82) is 0 Å². The number of benzene rings is 2. The fourth-order valence-corrected chi connectivity index (χ4v) is 2.77. The molecule has 0 bridgehead atoms. The summed E-state index contributed by atoms with van der Waals surface area (Å²) in [5.41, 5.74) is 1.60. The third-order valence-corrected chi connectivity index (χ3v) is 4.24. The highest BCUT2D eigenvalue weighted by atomic mass is 35.5. The molecule has 0 saturated heterocycles. The van der Waals surface area contributed by atoms with Crippen LogP contribution in [0.4, 0.5) is 4.39 Å². The maximum atomic E-state index is 13.4. The first-order chi connectivity index (χ1) is 13.1. The molecule has 2 N–H and O–H groups in total. The first kappa shape index (κ1) is 18.8. The quantitative estimate of drug-likeness (QED) is 0.608. The van der Waals surface area contributed by atoms with Gasteiger partial charge in [0, 0.05) is 11.9 Å². The second-order valence-corrected chi connectivity index (χ2v) is 6.18. The molecule has 0 aliphatic heterocycles. The highest BCUT2D eigenvalue weighted by Gasteiger charge is 2.17. The smallest absolute Gasteiger partial charge is 0.235 e. The highest BCUT2D eigenvalue weighted by molar-refractivity contribution is 6.27. The Morgan fingerprint density at radius 1 is 1.15 bits per heavy atom. The lowest BCUT2D eigenvalue weighted by Gasteiger charge is -2.19. The summed E-state index contributed by atoms with van der Waals surface area (Å²) in [5, 5.41) is 9.81. The molecule has 3 rings (SSSR count). The van der Waals surface area contributed by atoms with Gasteiger partial charge in [-0.15, -0.1) is 11.6 Å².